The molecule has 2 aromatic carbocycles. The molecule has 2 N–H and O–H groups in total. The van der Waals surface area contributed by atoms with Gasteiger partial charge in [0.25, 0.3) is 0 Å². The summed E-state index contributed by atoms with van der Waals surface area (Å²) in [6.45, 7) is 3.16. The van der Waals surface area contributed by atoms with E-state index in [9.17, 15) is 14.4 Å². The van der Waals surface area contributed by atoms with Gasteiger partial charge in [-0.2, -0.15) is 0 Å². The van der Waals surface area contributed by atoms with Crippen LogP contribution in [0.2, 0.25) is 0 Å². The SMILES string of the molecule is CCOC(=O)C1=C(C)NC2=C(C(=O)c3ccccc32)[C@H]1c1cc(I)c(OCC(=O)O)c(OC)c1. The third-order valence-electron chi connectivity index (χ3n) is 5.67. The van der Waals surface area contributed by atoms with Crippen LogP contribution in [0.5, 0.6) is 11.5 Å². The van der Waals surface area contributed by atoms with Gasteiger partial charge in [-0.1, -0.05) is 24.3 Å². The first-order valence-electron chi connectivity index (χ1n) is 10.5. The summed E-state index contributed by atoms with van der Waals surface area (Å²) in [4.78, 5) is 37.6. The molecule has 0 aromatic heterocycles. The molecular weight excluding hydrogens is 553 g/mol. The lowest BCUT2D eigenvalue weighted by molar-refractivity contribution is -0.140. The second-order valence-corrected chi connectivity index (χ2v) is 8.86. The van der Waals surface area contributed by atoms with E-state index in [-0.39, 0.29) is 18.1 Å². The third-order valence-corrected chi connectivity index (χ3v) is 6.47. The zero-order valence-electron chi connectivity index (χ0n) is 18.7. The van der Waals surface area contributed by atoms with Gasteiger partial charge in [-0.15, -0.1) is 0 Å². The number of esters is 1. The fraction of sp³-hybridized carbons (Fsp3) is 0.240. The highest BCUT2D eigenvalue weighted by atomic mass is 127. The average Bonchev–Trinajstić information content (AvgIpc) is 3.08. The molecule has 176 valence electrons. The van der Waals surface area contributed by atoms with Crippen molar-refractivity contribution in [1.29, 1.82) is 0 Å². The van der Waals surface area contributed by atoms with Gasteiger partial charge in [-0.25, -0.2) is 9.59 Å². The number of hydrogen-bond acceptors (Lipinski definition) is 7. The molecular formula is C25H22INO7. The molecule has 0 amide bonds. The van der Waals surface area contributed by atoms with Gasteiger partial charge in [0, 0.05) is 28.3 Å². The highest BCUT2D eigenvalue weighted by molar-refractivity contribution is 14.1. The smallest absolute Gasteiger partial charge is 0.341 e. The van der Waals surface area contributed by atoms with Crippen molar-refractivity contribution in [2.45, 2.75) is 19.8 Å². The monoisotopic (exact) mass is 575 g/mol. The molecule has 34 heavy (non-hydrogen) atoms. The Labute approximate surface area is 209 Å². The molecule has 0 saturated carbocycles. The Morgan fingerprint density at radius 3 is 2.53 bits per heavy atom. The Balaban J connectivity index is 1.91. The number of carbonyl (C=O) groups is 3. The largest absolute Gasteiger partial charge is 0.493 e. The number of hydrogen-bond donors (Lipinski definition) is 2. The summed E-state index contributed by atoms with van der Waals surface area (Å²) < 4.78 is 16.8. The van der Waals surface area contributed by atoms with E-state index in [4.69, 9.17) is 19.3 Å². The molecule has 2 aliphatic rings. The summed E-state index contributed by atoms with van der Waals surface area (Å²) in [7, 11) is 1.44. The number of rotatable bonds is 7. The van der Waals surface area contributed by atoms with Crippen LogP contribution < -0.4 is 14.8 Å². The second kappa shape index (κ2) is 9.49. The number of methoxy groups -OCH3 is 1. The third kappa shape index (κ3) is 4.04. The number of Topliss-reactive ketones (excluding diaryl/α,β-unsaturated/α-hetero) is 1. The zero-order valence-corrected chi connectivity index (χ0v) is 20.9. The number of allylic oxidation sites excluding steroid dienone is 2. The standard InChI is InChI=1S/C25H22INO7/c1-4-33-25(31)19-12(2)27-22-14-7-5-6-8-15(14)23(30)21(22)20(19)13-9-16(26)24(17(10-13)32-3)34-11-18(28)29/h5-10,20,27H,4,11H2,1-3H3,(H,28,29)/t20-/m0/s1. The molecule has 0 bridgehead atoms. The fourth-order valence-electron chi connectivity index (χ4n) is 4.32. The predicted molar refractivity (Wildman–Crippen MR) is 132 cm³/mol. The number of carboxylic acids is 1. The van der Waals surface area contributed by atoms with Crippen molar-refractivity contribution in [2.24, 2.45) is 0 Å². The molecule has 0 radical (unpaired) electrons. The predicted octanol–water partition coefficient (Wildman–Crippen LogP) is 3.89. The summed E-state index contributed by atoms with van der Waals surface area (Å²) in [6.07, 6.45) is 0. The first-order chi connectivity index (χ1) is 16.3. The van der Waals surface area contributed by atoms with Crippen LogP contribution in [0, 0.1) is 3.57 Å². The molecule has 0 saturated heterocycles. The van der Waals surface area contributed by atoms with Gasteiger partial charge in [0.2, 0.25) is 0 Å². The Kier molecular flexibility index (Phi) is 6.65. The Bertz CT molecular complexity index is 1280. The normalized spacial score (nSPS) is 16.6. The van der Waals surface area contributed by atoms with Crippen molar-refractivity contribution >= 4 is 46.0 Å². The maximum Gasteiger partial charge on any atom is 0.341 e. The highest BCUT2D eigenvalue weighted by Crippen LogP contribution is 2.48. The van der Waals surface area contributed by atoms with Gasteiger partial charge in [0.1, 0.15) is 0 Å². The summed E-state index contributed by atoms with van der Waals surface area (Å²) in [5.41, 5.74) is 4.00. The number of ether oxygens (including phenoxy) is 3. The van der Waals surface area contributed by atoms with Gasteiger partial charge in [0.15, 0.2) is 23.9 Å². The summed E-state index contributed by atoms with van der Waals surface area (Å²) in [5.74, 6) is -1.95. The minimum absolute atomic E-state index is 0.169. The van der Waals surface area contributed by atoms with E-state index >= 15 is 0 Å². The maximum absolute atomic E-state index is 13.5. The number of ketones is 1. The van der Waals surface area contributed by atoms with Crippen molar-refractivity contribution in [3.05, 3.63) is 73.5 Å². The van der Waals surface area contributed by atoms with Gasteiger partial charge >= 0.3 is 11.9 Å². The number of benzene rings is 2. The first kappa shape index (κ1) is 23.8. The minimum Gasteiger partial charge on any atom is -0.493 e. The van der Waals surface area contributed by atoms with E-state index in [1.165, 1.54) is 7.11 Å². The lowest BCUT2D eigenvalue weighted by Gasteiger charge is -2.29. The molecule has 9 heteroatoms. The highest BCUT2D eigenvalue weighted by Gasteiger charge is 2.43. The zero-order chi connectivity index (χ0) is 24.6. The van der Waals surface area contributed by atoms with Crippen molar-refractivity contribution in [2.75, 3.05) is 20.3 Å². The summed E-state index contributed by atoms with van der Waals surface area (Å²) >= 11 is 2.02. The van der Waals surface area contributed by atoms with Gasteiger partial charge in [0.05, 0.1) is 28.6 Å². The lowest BCUT2D eigenvalue weighted by Crippen LogP contribution is -2.29. The fourth-order valence-corrected chi connectivity index (χ4v) is 5.10. The van der Waals surface area contributed by atoms with Crippen molar-refractivity contribution in [3.8, 4) is 11.5 Å². The van der Waals surface area contributed by atoms with Crippen LogP contribution in [0.25, 0.3) is 5.70 Å². The van der Waals surface area contributed by atoms with Crippen LogP contribution >= 0.6 is 22.6 Å². The topological polar surface area (TPSA) is 111 Å². The molecule has 1 atom stereocenters. The van der Waals surface area contributed by atoms with Crippen molar-refractivity contribution < 1.29 is 33.7 Å². The molecule has 0 unspecified atom stereocenters. The Morgan fingerprint density at radius 1 is 1.18 bits per heavy atom. The first-order valence-corrected chi connectivity index (χ1v) is 11.6. The quantitative estimate of drug-likeness (QED) is 0.378. The van der Waals surface area contributed by atoms with E-state index in [0.29, 0.717) is 43.0 Å². The van der Waals surface area contributed by atoms with Crippen LogP contribution in [0.15, 0.2) is 53.2 Å². The molecule has 0 fully saturated rings. The molecule has 1 aliphatic heterocycles. The van der Waals surface area contributed by atoms with Crippen LogP contribution in [0.3, 0.4) is 0 Å². The van der Waals surface area contributed by atoms with Gasteiger partial charge < -0.3 is 24.6 Å². The second-order valence-electron chi connectivity index (χ2n) is 7.70. The Hall–Kier alpha value is -3.34. The molecule has 1 heterocycles. The van der Waals surface area contributed by atoms with E-state index in [1.807, 2.05) is 34.7 Å². The molecule has 8 nitrogen and oxygen atoms in total. The van der Waals surface area contributed by atoms with Crippen molar-refractivity contribution in [1.82, 2.24) is 5.32 Å². The van der Waals surface area contributed by atoms with Gasteiger partial charge in [-0.05, 0) is 54.1 Å². The van der Waals surface area contributed by atoms with E-state index < -0.39 is 24.5 Å². The average molecular weight is 575 g/mol. The van der Waals surface area contributed by atoms with Crippen LogP contribution in [-0.4, -0.2) is 43.2 Å². The number of halogens is 1. The number of fused-ring (bicyclic) bond motifs is 2. The van der Waals surface area contributed by atoms with Crippen LogP contribution in [0.1, 0.15) is 41.3 Å². The number of nitrogens with one attached hydrogen (secondary N) is 1. The summed E-state index contributed by atoms with van der Waals surface area (Å²) in [5, 5.41) is 12.3. The molecule has 4 rings (SSSR count). The van der Waals surface area contributed by atoms with E-state index in [1.54, 1.807) is 38.1 Å². The van der Waals surface area contributed by atoms with Gasteiger partial charge in [-0.3, -0.25) is 4.79 Å². The lowest BCUT2D eigenvalue weighted by atomic mass is 9.79. The maximum atomic E-state index is 13.5. The van der Waals surface area contributed by atoms with Crippen LogP contribution in [0.4, 0.5) is 0 Å². The summed E-state index contributed by atoms with van der Waals surface area (Å²) in [6, 6.07) is 10.7. The Morgan fingerprint density at radius 2 is 1.88 bits per heavy atom. The van der Waals surface area contributed by atoms with E-state index in [0.717, 1.165) is 5.56 Å². The van der Waals surface area contributed by atoms with E-state index in [2.05, 4.69) is 5.32 Å². The number of carbonyl (C=O) groups excluding carboxylic acids is 2. The molecule has 0 spiro atoms. The van der Waals surface area contributed by atoms with Crippen LogP contribution in [-0.2, 0) is 14.3 Å². The van der Waals surface area contributed by atoms with Crippen molar-refractivity contribution in [3.63, 3.8) is 0 Å². The molecule has 1 aliphatic carbocycles. The minimum atomic E-state index is -1.12. The molecule has 2 aromatic rings. The number of dihydropyridines is 1. The number of carboxylic acid groups (broad SMARTS) is 1. The number of aliphatic carboxylic acids is 1.